The summed E-state index contributed by atoms with van der Waals surface area (Å²) in [6.07, 6.45) is 3.70. The van der Waals surface area contributed by atoms with Crippen LogP contribution in [-0.4, -0.2) is 24.7 Å². The number of halogens is 2. The quantitative estimate of drug-likeness (QED) is 0.729. The molecule has 0 saturated carbocycles. The number of pyridine rings is 1. The van der Waals surface area contributed by atoms with Crippen molar-refractivity contribution in [2.75, 3.05) is 19.7 Å². The molecule has 132 valence electrons. The van der Waals surface area contributed by atoms with E-state index >= 15 is 0 Å². The predicted octanol–water partition coefficient (Wildman–Crippen LogP) is 4.46. The van der Waals surface area contributed by atoms with Crippen molar-refractivity contribution < 1.29 is 4.74 Å². The topological polar surface area (TPSA) is 34.1 Å². The number of hydrogen-bond donors (Lipinski definition) is 1. The third kappa shape index (κ3) is 4.24. The number of ether oxygens (including phenoxy) is 1. The van der Waals surface area contributed by atoms with Crippen LogP contribution in [0.25, 0.3) is 10.8 Å². The highest BCUT2D eigenvalue weighted by Crippen LogP contribution is 2.30. The minimum Gasteiger partial charge on any atom is -0.493 e. The Kier molecular flexibility index (Phi) is 7.06. The Balaban J connectivity index is 0.00000113. The first-order valence-electron chi connectivity index (χ1n) is 8.13. The van der Waals surface area contributed by atoms with Gasteiger partial charge in [-0.15, -0.1) is 24.8 Å². The van der Waals surface area contributed by atoms with E-state index in [0.29, 0.717) is 11.8 Å². The van der Waals surface area contributed by atoms with Crippen LogP contribution in [-0.2, 0) is 0 Å². The third-order valence-corrected chi connectivity index (χ3v) is 4.66. The first kappa shape index (κ1) is 19.5. The largest absolute Gasteiger partial charge is 0.493 e. The maximum absolute atomic E-state index is 6.19. The summed E-state index contributed by atoms with van der Waals surface area (Å²) in [4.78, 5) is 4.18. The Morgan fingerprint density at radius 3 is 2.64 bits per heavy atom. The fourth-order valence-electron chi connectivity index (χ4n) is 3.41. The SMILES string of the molecule is Cl.Cl.c1ccc([C@H]2CNC[C@@H]2COc2cccc3cnccc23)cc1. The zero-order valence-electron chi connectivity index (χ0n) is 13.8. The van der Waals surface area contributed by atoms with Gasteiger partial charge in [-0.2, -0.15) is 0 Å². The van der Waals surface area contributed by atoms with Crippen LogP contribution in [0.2, 0.25) is 0 Å². The zero-order chi connectivity index (χ0) is 15.5. The van der Waals surface area contributed by atoms with E-state index in [0.717, 1.165) is 36.2 Å². The molecular formula is C20H22Cl2N2O. The third-order valence-electron chi connectivity index (χ3n) is 4.66. The van der Waals surface area contributed by atoms with Crippen LogP contribution in [0.4, 0.5) is 0 Å². The summed E-state index contributed by atoms with van der Waals surface area (Å²) in [5.41, 5.74) is 1.40. The van der Waals surface area contributed by atoms with E-state index in [-0.39, 0.29) is 24.8 Å². The Hall–Kier alpha value is -1.81. The molecule has 3 nitrogen and oxygen atoms in total. The summed E-state index contributed by atoms with van der Waals surface area (Å²) < 4.78 is 6.19. The molecule has 4 rings (SSSR count). The molecule has 1 fully saturated rings. The summed E-state index contributed by atoms with van der Waals surface area (Å²) in [6, 6.07) is 18.9. The molecule has 0 unspecified atom stereocenters. The molecule has 2 heterocycles. The Bertz CT molecular complexity index is 793. The van der Waals surface area contributed by atoms with E-state index in [4.69, 9.17) is 4.74 Å². The van der Waals surface area contributed by atoms with Gasteiger partial charge in [0.15, 0.2) is 0 Å². The molecule has 25 heavy (non-hydrogen) atoms. The molecule has 0 radical (unpaired) electrons. The molecule has 1 N–H and O–H groups in total. The van der Waals surface area contributed by atoms with Gasteiger partial charge in [0, 0.05) is 48.1 Å². The van der Waals surface area contributed by atoms with Gasteiger partial charge in [0.2, 0.25) is 0 Å². The van der Waals surface area contributed by atoms with E-state index in [9.17, 15) is 0 Å². The minimum atomic E-state index is 0. The second-order valence-electron chi connectivity index (χ2n) is 6.10. The molecule has 2 aromatic carbocycles. The molecule has 3 aromatic rings. The second-order valence-corrected chi connectivity index (χ2v) is 6.10. The first-order valence-corrected chi connectivity index (χ1v) is 8.13. The molecule has 0 aliphatic carbocycles. The van der Waals surface area contributed by atoms with Crippen LogP contribution < -0.4 is 10.1 Å². The van der Waals surface area contributed by atoms with Crippen molar-refractivity contribution >= 4 is 35.6 Å². The Morgan fingerprint density at radius 1 is 0.960 bits per heavy atom. The number of aromatic nitrogens is 1. The lowest BCUT2D eigenvalue weighted by atomic mass is 9.89. The van der Waals surface area contributed by atoms with Crippen molar-refractivity contribution in [3.63, 3.8) is 0 Å². The molecule has 0 amide bonds. The highest BCUT2D eigenvalue weighted by atomic mass is 35.5. The van der Waals surface area contributed by atoms with Crippen LogP contribution in [0.3, 0.4) is 0 Å². The monoisotopic (exact) mass is 376 g/mol. The van der Waals surface area contributed by atoms with Crippen molar-refractivity contribution in [3.8, 4) is 5.75 Å². The Labute approximate surface area is 160 Å². The smallest absolute Gasteiger partial charge is 0.127 e. The molecule has 1 aliphatic rings. The van der Waals surface area contributed by atoms with Crippen LogP contribution in [0.5, 0.6) is 5.75 Å². The van der Waals surface area contributed by atoms with Crippen LogP contribution >= 0.6 is 24.8 Å². The number of nitrogens with one attached hydrogen (secondary N) is 1. The molecule has 1 aliphatic heterocycles. The van der Waals surface area contributed by atoms with Gasteiger partial charge in [-0.1, -0.05) is 42.5 Å². The van der Waals surface area contributed by atoms with Crippen molar-refractivity contribution in [2.24, 2.45) is 5.92 Å². The van der Waals surface area contributed by atoms with Gasteiger partial charge in [0.05, 0.1) is 6.61 Å². The number of hydrogen-bond acceptors (Lipinski definition) is 3. The van der Waals surface area contributed by atoms with E-state index in [1.165, 1.54) is 5.56 Å². The van der Waals surface area contributed by atoms with Crippen molar-refractivity contribution in [1.82, 2.24) is 10.3 Å². The summed E-state index contributed by atoms with van der Waals surface area (Å²) in [5, 5.41) is 5.75. The number of fused-ring (bicyclic) bond motifs is 1. The first-order chi connectivity index (χ1) is 11.4. The lowest BCUT2D eigenvalue weighted by molar-refractivity contribution is 0.251. The van der Waals surface area contributed by atoms with Gasteiger partial charge >= 0.3 is 0 Å². The average molecular weight is 377 g/mol. The summed E-state index contributed by atoms with van der Waals surface area (Å²) in [5.74, 6) is 1.96. The minimum absolute atomic E-state index is 0. The summed E-state index contributed by atoms with van der Waals surface area (Å²) >= 11 is 0. The molecule has 0 bridgehead atoms. The Morgan fingerprint density at radius 2 is 1.80 bits per heavy atom. The average Bonchev–Trinajstić information content (AvgIpc) is 3.09. The highest BCUT2D eigenvalue weighted by Gasteiger charge is 2.28. The molecule has 1 aromatic heterocycles. The van der Waals surface area contributed by atoms with Crippen molar-refractivity contribution in [3.05, 3.63) is 72.6 Å². The molecule has 5 heteroatoms. The number of rotatable bonds is 4. The van der Waals surface area contributed by atoms with Gasteiger partial charge in [-0.25, -0.2) is 0 Å². The van der Waals surface area contributed by atoms with E-state index < -0.39 is 0 Å². The van der Waals surface area contributed by atoms with E-state index in [2.05, 4.69) is 46.7 Å². The lowest BCUT2D eigenvalue weighted by Crippen LogP contribution is -2.19. The number of benzene rings is 2. The molecule has 1 saturated heterocycles. The summed E-state index contributed by atoms with van der Waals surface area (Å²) in [7, 11) is 0. The fourth-order valence-corrected chi connectivity index (χ4v) is 3.41. The number of nitrogens with zero attached hydrogens (tertiary/aromatic N) is 1. The lowest BCUT2D eigenvalue weighted by Gasteiger charge is -2.20. The maximum Gasteiger partial charge on any atom is 0.127 e. The predicted molar refractivity (Wildman–Crippen MR) is 107 cm³/mol. The molecular weight excluding hydrogens is 355 g/mol. The van der Waals surface area contributed by atoms with Gasteiger partial charge in [0.25, 0.3) is 0 Å². The maximum atomic E-state index is 6.19. The van der Waals surface area contributed by atoms with Gasteiger partial charge in [0.1, 0.15) is 5.75 Å². The second kappa shape index (κ2) is 9.04. The van der Waals surface area contributed by atoms with Crippen LogP contribution in [0, 0.1) is 5.92 Å². The van der Waals surface area contributed by atoms with Gasteiger partial charge in [-0.05, 0) is 17.7 Å². The fraction of sp³-hybridized carbons (Fsp3) is 0.250. The van der Waals surface area contributed by atoms with Crippen molar-refractivity contribution in [2.45, 2.75) is 5.92 Å². The van der Waals surface area contributed by atoms with Crippen LogP contribution in [0.1, 0.15) is 11.5 Å². The van der Waals surface area contributed by atoms with Gasteiger partial charge in [-0.3, -0.25) is 4.98 Å². The summed E-state index contributed by atoms with van der Waals surface area (Å²) in [6.45, 7) is 2.76. The van der Waals surface area contributed by atoms with Gasteiger partial charge < -0.3 is 10.1 Å². The highest BCUT2D eigenvalue weighted by molar-refractivity contribution is 5.87. The normalized spacial score (nSPS) is 19.0. The van der Waals surface area contributed by atoms with Crippen molar-refractivity contribution in [1.29, 1.82) is 0 Å². The molecule has 2 atom stereocenters. The van der Waals surface area contributed by atoms with E-state index in [1.54, 1.807) is 0 Å². The standard InChI is InChI=1S/C20H20N2O.2ClH/c1-2-5-15(6-3-1)19-13-22-12-17(19)14-23-20-8-4-7-16-11-21-10-9-18(16)20;;/h1-11,17,19,22H,12-14H2;2*1H/t17-,19-;;/m1../s1. The zero-order valence-corrected chi connectivity index (χ0v) is 15.4. The van der Waals surface area contributed by atoms with E-state index in [1.807, 2.05) is 30.6 Å². The van der Waals surface area contributed by atoms with Crippen LogP contribution in [0.15, 0.2) is 67.0 Å². The molecule has 0 spiro atoms.